The summed E-state index contributed by atoms with van der Waals surface area (Å²) in [6.07, 6.45) is -3.60. The Bertz CT molecular complexity index is 591. The maximum atomic E-state index is 12.3. The number of pyridine rings is 1. The molecule has 98 valence electrons. The Labute approximate surface area is 111 Å². The minimum atomic E-state index is -4.51. The number of alkyl halides is 3. The van der Waals surface area contributed by atoms with Crippen LogP contribution in [0.2, 0.25) is 5.02 Å². The number of ketones is 1. The molecule has 0 aliphatic rings. The lowest BCUT2D eigenvalue weighted by Gasteiger charge is -2.06. The average Bonchev–Trinajstić information content (AvgIpc) is 2.38. The van der Waals surface area contributed by atoms with Crippen molar-refractivity contribution in [2.24, 2.45) is 0 Å². The van der Waals surface area contributed by atoms with E-state index in [0.29, 0.717) is 10.6 Å². The van der Waals surface area contributed by atoms with Crippen molar-refractivity contribution in [3.63, 3.8) is 0 Å². The number of carbonyl (C=O) groups excluding carboxylic acids is 1. The Morgan fingerprint density at radius 3 is 2.05 bits per heavy atom. The van der Waals surface area contributed by atoms with Gasteiger partial charge in [-0.15, -0.1) is 0 Å². The van der Waals surface area contributed by atoms with Crippen molar-refractivity contribution in [1.29, 1.82) is 0 Å². The zero-order chi connectivity index (χ0) is 14.0. The highest BCUT2D eigenvalue weighted by Crippen LogP contribution is 2.27. The third kappa shape index (κ3) is 3.12. The van der Waals surface area contributed by atoms with Crippen LogP contribution in [0.25, 0.3) is 0 Å². The van der Waals surface area contributed by atoms with Crippen LogP contribution in [0.1, 0.15) is 21.6 Å². The normalized spacial score (nSPS) is 11.4. The minimum absolute atomic E-state index is 0.0929. The first kappa shape index (κ1) is 13.5. The standard InChI is InChI=1S/C13H7ClF3NO/c14-10-4-1-8(2-5-10)12(19)9-3-6-11(18-7-9)13(15,16)17/h1-7H. The summed E-state index contributed by atoms with van der Waals surface area (Å²) in [5, 5.41) is 0.474. The van der Waals surface area contributed by atoms with E-state index in [0.717, 1.165) is 18.3 Å². The molecule has 0 saturated heterocycles. The number of nitrogens with zero attached hydrogens (tertiary/aromatic N) is 1. The third-order valence-electron chi connectivity index (χ3n) is 2.42. The van der Waals surface area contributed by atoms with Gasteiger partial charge in [0.2, 0.25) is 0 Å². The molecule has 0 unspecified atom stereocenters. The molecule has 0 fully saturated rings. The summed E-state index contributed by atoms with van der Waals surface area (Å²) in [5.41, 5.74) is -0.596. The summed E-state index contributed by atoms with van der Waals surface area (Å²) in [6.45, 7) is 0. The highest BCUT2D eigenvalue weighted by molar-refractivity contribution is 6.30. The van der Waals surface area contributed by atoms with Crippen LogP contribution >= 0.6 is 11.6 Å². The van der Waals surface area contributed by atoms with E-state index in [1.807, 2.05) is 0 Å². The second kappa shape index (κ2) is 5.01. The Hall–Kier alpha value is -1.88. The molecule has 1 aromatic carbocycles. The minimum Gasteiger partial charge on any atom is -0.289 e. The predicted octanol–water partition coefficient (Wildman–Crippen LogP) is 3.98. The van der Waals surface area contributed by atoms with E-state index in [-0.39, 0.29) is 5.56 Å². The fourth-order valence-corrected chi connectivity index (χ4v) is 1.59. The van der Waals surface area contributed by atoms with E-state index in [1.54, 1.807) is 0 Å². The number of rotatable bonds is 2. The molecule has 0 N–H and O–H groups in total. The molecule has 2 nitrogen and oxygen atoms in total. The van der Waals surface area contributed by atoms with Crippen molar-refractivity contribution in [1.82, 2.24) is 4.98 Å². The van der Waals surface area contributed by atoms with Crippen molar-refractivity contribution in [2.75, 3.05) is 0 Å². The second-order valence-electron chi connectivity index (χ2n) is 3.77. The first-order chi connectivity index (χ1) is 8.88. The summed E-state index contributed by atoms with van der Waals surface area (Å²) < 4.78 is 37.0. The monoisotopic (exact) mass is 285 g/mol. The summed E-state index contributed by atoms with van der Waals surface area (Å²) >= 11 is 5.68. The van der Waals surface area contributed by atoms with Gasteiger partial charge < -0.3 is 0 Å². The van der Waals surface area contributed by atoms with Gasteiger partial charge in [0.25, 0.3) is 0 Å². The van der Waals surface area contributed by atoms with Gasteiger partial charge in [0, 0.05) is 22.3 Å². The molecule has 0 aliphatic carbocycles. The van der Waals surface area contributed by atoms with Gasteiger partial charge in [-0.2, -0.15) is 13.2 Å². The zero-order valence-electron chi connectivity index (χ0n) is 9.41. The topological polar surface area (TPSA) is 30.0 Å². The van der Waals surface area contributed by atoms with E-state index in [9.17, 15) is 18.0 Å². The second-order valence-corrected chi connectivity index (χ2v) is 4.20. The molecule has 0 saturated carbocycles. The molecule has 2 rings (SSSR count). The largest absolute Gasteiger partial charge is 0.433 e. The van der Waals surface area contributed by atoms with E-state index in [1.165, 1.54) is 24.3 Å². The van der Waals surface area contributed by atoms with Crippen LogP contribution in [-0.2, 0) is 6.18 Å². The highest BCUT2D eigenvalue weighted by Gasteiger charge is 2.32. The van der Waals surface area contributed by atoms with Crippen LogP contribution in [0, 0.1) is 0 Å². The summed E-state index contributed by atoms with van der Waals surface area (Å²) in [7, 11) is 0. The summed E-state index contributed by atoms with van der Waals surface area (Å²) in [6, 6.07) is 7.96. The van der Waals surface area contributed by atoms with E-state index >= 15 is 0 Å². The maximum Gasteiger partial charge on any atom is 0.433 e. The number of hydrogen-bond donors (Lipinski definition) is 0. The first-order valence-electron chi connectivity index (χ1n) is 5.21. The number of hydrogen-bond acceptors (Lipinski definition) is 2. The SMILES string of the molecule is O=C(c1ccc(Cl)cc1)c1ccc(C(F)(F)F)nc1. The lowest BCUT2D eigenvalue weighted by atomic mass is 10.1. The van der Waals surface area contributed by atoms with E-state index < -0.39 is 17.7 Å². The zero-order valence-corrected chi connectivity index (χ0v) is 10.2. The highest BCUT2D eigenvalue weighted by atomic mass is 35.5. The van der Waals surface area contributed by atoms with Crippen molar-refractivity contribution in [3.8, 4) is 0 Å². The van der Waals surface area contributed by atoms with Crippen molar-refractivity contribution in [2.45, 2.75) is 6.18 Å². The lowest BCUT2D eigenvalue weighted by Crippen LogP contribution is -2.09. The molecule has 1 heterocycles. The number of halogens is 4. The van der Waals surface area contributed by atoms with Gasteiger partial charge in [0.15, 0.2) is 5.78 Å². The van der Waals surface area contributed by atoms with Gasteiger partial charge in [-0.05, 0) is 36.4 Å². The predicted molar refractivity (Wildman–Crippen MR) is 64.1 cm³/mol. The van der Waals surface area contributed by atoms with Crippen LogP contribution in [0.15, 0.2) is 42.6 Å². The third-order valence-corrected chi connectivity index (χ3v) is 2.67. The first-order valence-corrected chi connectivity index (χ1v) is 5.59. The van der Waals surface area contributed by atoms with Crippen LogP contribution in [0.3, 0.4) is 0 Å². The molecule has 19 heavy (non-hydrogen) atoms. The van der Waals surface area contributed by atoms with Gasteiger partial charge in [0.1, 0.15) is 5.69 Å². The lowest BCUT2D eigenvalue weighted by molar-refractivity contribution is -0.141. The Morgan fingerprint density at radius 1 is 1.00 bits per heavy atom. The van der Waals surface area contributed by atoms with Crippen LogP contribution in [0.5, 0.6) is 0 Å². The molecular weight excluding hydrogens is 279 g/mol. The molecule has 0 bridgehead atoms. The molecule has 0 atom stereocenters. The molecular formula is C13H7ClF3NO. The fourth-order valence-electron chi connectivity index (χ4n) is 1.46. The Kier molecular flexibility index (Phi) is 3.57. The summed E-state index contributed by atoms with van der Waals surface area (Å²) in [5.74, 6) is -0.405. The summed E-state index contributed by atoms with van der Waals surface area (Å²) in [4.78, 5) is 15.2. The number of benzene rings is 1. The molecule has 6 heteroatoms. The van der Waals surface area contributed by atoms with Gasteiger partial charge in [-0.3, -0.25) is 9.78 Å². The van der Waals surface area contributed by atoms with E-state index in [4.69, 9.17) is 11.6 Å². The number of aromatic nitrogens is 1. The van der Waals surface area contributed by atoms with Crippen LogP contribution < -0.4 is 0 Å². The van der Waals surface area contributed by atoms with Gasteiger partial charge >= 0.3 is 6.18 Å². The van der Waals surface area contributed by atoms with Gasteiger partial charge in [-0.1, -0.05) is 11.6 Å². The Balaban J connectivity index is 2.27. The quantitative estimate of drug-likeness (QED) is 0.781. The average molecular weight is 286 g/mol. The number of carbonyl (C=O) groups is 1. The van der Waals surface area contributed by atoms with Crippen molar-refractivity contribution >= 4 is 17.4 Å². The molecule has 0 radical (unpaired) electrons. The molecule has 0 amide bonds. The maximum absolute atomic E-state index is 12.3. The smallest absolute Gasteiger partial charge is 0.289 e. The van der Waals surface area contributed by atoms with Crippen molar-refractivity contribution in [3.05, 3.63) is 64.4 Å². The molecule has 0 spiro atoms. The van der Waals surface area contributed by atoms with Crippen molar-refractivity contribution < 1.29 is 18.0 Å². The van der Waals surface area contributed by atoms with Crippen LogP contribution in [-0.4, -0.2) is 10.8 Å². The van der Waals surface area contributed by atoms with Crippen LogP contribution in [0.4, 0.5) is 13.2 Å². The fraction of sp³-hybridized carbons (Fsp3) is 0.0769. The molecule has 2 aromatic rings. The van der Waals surface area contributed by atoms with Gasteiger partial charge in [0.05, 0.1) is 0 Å². The molecule has 1 aromatic heterocycles. The van der Waals surface area contributed by atoms with Gasteiger partial charge in [-0.25, -0.2) is 0 Å². The van der Waals surface area contributed by atoms with E-state index in [2.05, 4.69) is 4.98 Å². The molecule has 0 aliphatic heterocycles. The Morgan fingerprint density at radius 2 is 1.58 bits per heavy atom.